The first-order valence-electron chi connectivity index (χ1n) is 6.98. The zero-order valence-electron chi connectivity index (χ0n) is 10.9. The molecule has 0 aromatic heterocycles. The maximum atomic E-state index is 10.0. The van der Waals surface area contributed by atoms with Crippen LogP contribution in [-0.4, -0.2) is 55.1 Å². The van der Waals surface area contributed by atoms with Gasteiger partial charge in [-0.25, -0.2) is 0 Å². The summed E-state index contributed by atoms with van der Waals surface area (Å²) in [7, 11) is 0. The van der Waals surface area contributed by atoms with Crippen molar-refractivity contribution in [3.63, 3.8) is 0 Å². The molecule has 0 radical (unpaired) electrons. The number of β-amino-alcohol motifs (C(OH)–C–C–N with tert-alkyl or cyclic N) is 1. The van der Waals surface area contributed by atoms with Crippen molar-refractivity contribution in [3.05, 3.63) is 0 Å². The van der Waals surface area contributed by atoms with E-state index in [2.05, 4.69) is 17.1 Å². The number of rotatable bonds is 4. The molecule has 1 atom stereocenters. The average Bonchev–Trinajstić information content (AvgIpc) is 2.33. The predicted molar refractivity (Wildman–Crippen MR) is 67.8 cm³/mol. The summed E-state index contributed by atoms with van der Waals surface area (Å²) in [6.07, 6.45) is 4.62. The Bertz CT molecular complexity index is 211. The first kappa shape index (κ1) is 13.3. The number of aliphatic hydroxyl groups excluding tert-OH is 1. The Morgan fingerprint density at radius 3 is 2.53 bits per heavy atom. The van der Waals surface area contributed by atoms with E-state index in [9.17, 15) is 5.11 Å². The molecule has 4 nitrogen and oxygen atoms in total. The van der Waals surface area contributed by atoms with Gasteiger partial charge in [0.2, 0.25) is 0 Å². The lowest BCUT2D eigenvalue weighted by Crippen LogP contribution is -2.49. The standard InChI is InChI=1S/C13H26N2O2/c1-11-2-4-12(5-3-11)14-13(16)10-15-6-8-17-9-7-15/h11-14,16H,2-10H2,1H3/t11?,12?,13-/m1/s1. The highest BCUT2D eigenvalue weighted by molar-refractivity contribution is 4.77. The summed E-state index contributed by atoms with van der Waals surface area (Å²) in [5, 5.41) is 13.4. The fraction of sp³-hybridized carbons (Fsp3) is 1.00. The summed E-state index contributed by atoms with van der Waals surface area (Å²) < 4.78 is 5.30. The Balaban J connectivity index is 1.64. The third-order valence-electron chi connectivity index (χ3n) is 3.98. The number of ether oxygens (including phenoxy) is 1. The highest BCUT2D eigenvalue weighted by Gasteiger charge is 2.21. The second-order valence-electron chi connectivity index (χ2n) is 5.55. The average molecular weight is 242 g/mol. The van der Waals surface area contributed by atoms with Crippen LogP contribution in [-0.2, 0) is 4.74 Å². The molecule has 17 heavy (non-hydrogen) atoms. The van der Waals surface area contributed by atoms with Crippen molar-refractivity contribution in [2.24, 2.45) is 5.92 Å². The summed E-state index contributed by atoms with van der Waals surface area (Å²) in [6, 6.07) is 0.516. The molecule has 1 saturated heterocycles. The van der Waals surface area contributed by atoms with Crippen molar-refractivity contribution in [1.29, 1.82) is 0 Å². The SMILES string of the molecule is CC1CCC(N[C@H](O)CN2CCOCC2)CC1. The molecule has 0 aromatic carbocycles. The Morgan fingerprint density at radius 2 is 1.88 bits per heavy atom. The van der Waals surface area contributed by atoms with Gasteiger partial charge in [-0.15, -0.1) is 0 Å². The topological polar surface area (TPSA) is 44.7 Å². The van der Waals surface area contributed by atoms with E-state index in [0.29, 0.717) is 6.04 Å². The minimum atomic E-state index is -0.383. The highest BCUT2D eigenvalue weighted by atomic mass is 16.5. The maximum Gasteiger partial charge on any atom is 0.117 e. The van der Waals surface area contributed by atoms with Crippen molar-refractivity contribution in [2.45, 2.75) is 44.9 Å². The molecule has 0 aromatic rings. The van der Waals surface area contributed by atoms with Crippen molar-refractivity contribution in [1.82, 2.24) is 10.2 Å². The van der Waals surface area contributed by atoms with E-state index >= 15 is 0 Å². The predicted octanol–water partition coefficient (Wildman–Crippen LogP) is 0.805. The Hall–Kier alpha value is -0.160. The van der Waals surface area contributed by atoms with E-state index in [1.165, 1.54) is 25.7 Å². The number of nitrogens with one attached hydrogen (secondary N) is 1. The molecule has 0 spiro atoms. The Kier molecular flexibility index (Phi) is 5.22. The molecule has 2 fully saturated rings. The summed E-state index contributed by atoms with van der Waals surface area (Å²) in [6.45, 7) is 6.54. The summed E-state index contributed by atoms with van der Waals surface area (Å²) in [4.78, 5) is 2.27. The smallest absolute Gasteiger partial charge is 0.117 e. The third-order valence-corrected chi connectivity index (χ3v) is 3.98. The molecule has 1 aliphatic heterocycles. The van der Waals surface area contributed by atoms with Crippen LogP contribution in [0, 0.1) is 5.92 Å². The Labute approximate surface area is 104 Å². The lowest BCUT2D eigenvalue weighted by molar-refractivity contribution is 0.00285. The third kappa shape index (κ3) is 4.54. The van der Waals surface area contributed by atoms with Crippen LogP contribution in [0.3, 0.4) is 0 Å². The molecule has 100 valence electrons. The molecule has 1 saturated carbocycles. The van der Waals surface area contributed by atoms with Gasteiger partial charge >= 0.3 is 0 Å². The molecule has 0 amide bonds. The quantitative estimate of drug-likeness (QED) is 0.716. The van der Waals surface area contributed by atoms with Gasteiger partial charge in [0.15, 0.2) is 0 Å². The normalized spacial score (nSPS) is 33.5. The Morgan fingerprint density at radius 1 is 1.24 bits per heavy atom. The summed E-state index contributed by atoms with van der Waals surface area (Å²) in [5.74, 6) is 0.865. The lowest BCUT2D eigenvalue weighted by Gasteiger charge is -2.32. The number of hydrogen-bond donors (Lipinski definition) is 2. The molecule has 1 aliphatic carbocycles. The second kappa shape index (κ2) is 6.69. The molecule has 4 heteroatoms. The number of aliphatic hydroxyl groups is 1. The molecule has 2 aliphatic rings. The van der Waals surface area contributed by atoms with Crippen molar-refractivity contribution < 1.29 is 9.84 Å². The molecule has 0 bridgehead atoms. The van der Waals surface area contributed by atoms with Crippen LogP contribution in [0.1, 0.15) is 32.6 Å². The van der Waals surface area contributed by atoms with Crippen LogP contribution in [0.15, 0.2) is 0 Å². The van der Waals surface area contributed by atoms with Gasteiger partial charge < -0.3 is 9.84 Å². The van der Waals surface area contributed by atoms with Crippen LogP contribution >= 0.6 is 0 Å². The first-order chi connectivity index (χ1) is 8.24. The molecular weight excluding hydrogens is 216 g/mol. The first-order valence-corrected chi connectivity index (χ1v) is 6.98. The fourth-order valence-corrected chi connectivity index (χ4v) is 2.78. The van der Waals surface area contributed by atoms with Crippen LogP contribution in [0.25, 0.3) is 0 Å². The van der Waals surface area contributed by atoms with Crippen LogP contribution in [0.2, 0.25) is 0 Å². The molecule has 2 rings (SSSR count). The van der Waals surface area contributed by atoms with Gasteiger partial charge in [0.25, 0.3) is 0 Å². The van der Waals surface area contributed by atoms with Gasteiger partial charge in [0.05, 0.1) is 13.2 Å². The van der Waals surface area contributed by atoms with Gasteiger partial charge in [-0.2, -0.15) is 0 Å². The van der Waals surface area contributed by atoms with Gasteiger partial charge in [-0.3, -0.25) is 10.2 Å². The minimum absolute atomic E-state index is 0.383. The number of hydrogen-bond acceptors (Lipinski definition) is 4. The summed E-state index contributed by atoms with van der Waals surface area (Å²) in [5.41, 5.74) is 0. The van der Waals surface area contributed by atoms with Gasteiger partial charge in [0, 0.05) is 25.7 Å². The lowest BCUT2D eigenvalue weighted by atomic mass is 9.87. The molecular formula is C13H26N2O2. The van der Waals surface area contributed by atoms with Gasteiger partial charge in [-0.1, -0.05) is 6.92 Å². The van der Waals surface area contributed by atoms with Crippen LogP contribution < -0.4 is 5.32 Å². The van der Waals surface area contributed by atoms with Gasteiger partial charge in [0.1, 0.15) is 6.23 Å². The van der Waals surface area contributed by atoms with Gasteiger partial charge in [-0.05, 0) is 31.6 Å². The fourth-order valence-electron chi connectivity index (χ4n) is 2.78. The van der Waals surface area contributed by atoms with Crippen LogP contribution in [0.4, 0.5) is 0 Å². The van der Waals surface area contributed by atoms with Crippen molar-refractivity contribution >= 4 is 0 Å². The molecule has 0 unspecified atom stereocenters. The summed E-state index contributed by atoms with van der Waals surface area (Å²) >= 11 is 0. The second-order valence-corrected chi connectivity index (χ2v) is 5.55. The van der Waals surface area contributed by atoms with E-state index in [-0.39, 0.29) is 6.23 Å². The number of nitrogens with zero attached hydrogens (tertiary/aromatic N) is 1. The minimum Gasteiger partial charge on any atom is -0.379 e. The number of morpholine rings is 1. The monoisotopic (exact) mass is 242 g/mol. The highest BCUT2D eigenvalue weighted by Crippen LogP contribution is 2.23. The van der Waals surface area contributed by atoms with E-state index in [0.717, 1.165) is 38.8 Å². The van der Waals surface area contributed by atoms with E-state index in [4.69, 9.17) is 4.74 Å². The van der Waals surface area contributed by atoms with Crippen molar-refractivity contribution in [2.75, 3.05) is 32.8 Å². The zero-order valence-corrected chi connectivity index (χ0v) is 10.9. The molecule has 1 heterocycles. The van der Waals surface area contributed by atoms with E-state index < -0.39 is 0 Å². The zero-order chi connectivity index (χ0) is 12.1. The largest absolute Gasteiger partial charge is 0.379 e. The molecule has 2 N–H and O–H groups in total. The van der Waals surface area contributed by atoms with Crippen LogP contribution in [0.5, 0.6) is 0 Å². The van der Waals surface area contributed by atoms with E-state index in [1.807, 2.05) is 0 Å². The van der Waals surface area contributed by atoms with E-state index in [1.54, 1.807) is 0 Å². The van der Waals surface area contributed by atoms with Crippen molar-refractivity contribution in [3.8, 4) is 0 Å². The maximum absolute atomic E-state index is 10.0.